The molecule has 1 aliphatic carbocycles. The highest BCUT2D eigenvalue weighted by molar-refractivity contribution is 6.02. The third kappa shape index (κ3) is 1.27. The van der Waals surface area contributed by atoms with Gasteiger partial charge in [-0.3, -0.25) is 4.79 Å². The molecule has 1 N–H and O–H groups in total. The molecule has 0 saturated heterocycles. The van der Waals surface area contributed by atoms with E-state index in [0.717, 1.165) is 18.7 Å². The van der Waals surface area contributed by atoms with Gasteiger partial charge in [0.05, 0.1) is 12.2 Å². The minimum Gasteiger partial charge on any atom is -0.481 e. The number of hydrogen-bond acceptors (Lipinski definition) is 3. The summed E-state index contributed by atoms with van der Waals surface area (Å²) in [5.74, 6) is -0.0729. The van der Waals surface area contributed by atoms with Crippen LogP contribution < -0.4 is 0 Å². The molecule has 2 aliphatic rings. The summed E-state index contributed by atoms with van der Waals surface area (Å²) in [4.78, 5) is 15.6. The Labute approximate surface area is 92.8 Å². The van der Waals surface area contributed by atoms with Crippen LogP contribution in [0.4, 0.5) is 5.82 Å². The Bertz CT molecular complexity index is 473. The van der Waals surface area contributed by atoms with E-state index < -0.39 is 11.9 Å². The first-order valence-corrected chi connectivity index (χ1v) is 5.50. The van der Waals surface area contributed by atoms with E-state index in [4.69, 9.17) is 0 Å². The van der Waals surface area contributed by atoms with Gasteiger partial charge in [-0.05, 0) is 25.7 Å². The first-order valence-electron chi connectivity index (χ1n) is 5.50. The molecule has 0 amide bonds. The Morgan fingerprint density at radius 1 is 1.56 bits per heavy atom. The van der Waals surface area contributed by atoms with E-state index in [9.17, 15) is 9.90 Å². The first kappa shape index (κ1) is 9.57. The lowest BCUT2D eigenvalue weighted by atomic mass is 9.90. The Morgan fingerprint density at radius 3 is 2.94 bits per heavy atom. The van der Waals surface area contributed by atoms with E-state index in [2.05, 4.69) is 10.1 Å². The second kappa shape index (κ2) is 3.17. The van der Waals surface area contributed by atoms with Crippen molar-refractivity contribution in [3.63, 3.8) is 0 Å². The average molecular weight is 219 g/mol. The smallest absolute Gasteiger partial charge is 0.314 e. The number of fused-ring (bicyclic) bond motifs is 1. The number of aromatic nitrogens is 2. The highest BCUT2D eigenvalue weighted by Crippen LogP contribution is 2.47. The fourth-order valence-corrected chi connectivity index (χ4v) is 2.50. The first-order chi connectivity index (χ1) is 7.68. The van der Waals surface area contributed by atoms with E-state index in [1.54, 1.807) is 17.8 Å². The highest BCUT2D eigenvalue weighted by Gasteiger charge is 2.45. The summed E-state index contributed by atoms with van der Waals surface area (Å²) in [6.45, 7) is 1.80. The number of aliphatic imine (C=N–C) groups is 1. The maximum Gasteiger partial charge on any atom is 0.314 e. The third-order valence-corrected chi connectivity index (χ3v) is 3.39. The van der Waals surface area contributed by atoms with Crippen molar-refractivity contribution in [2.75, 3.05) is 0 Å². The molecule has 1 aromatic heterocycles. The number of carbonyl (C=O) groups is 1. The minimum atomic E-state index is -0.792. The van der Waals surface area contributed by atoms with E-state index >= 15 is 0 Å². The van der Waals surface area contributed by atoms with Gasteiger partial charge in [0, 0.05) is 11.8 Å². The molecule has 84 valence electrons. The van der Waals surface area contributed by atoms with Gasteiger partial charge in [-0.1, -0.05) is 0 Å². The van der Waals surface area contributed by atoms with Gasteiger partial charge in [0.1, 0.15) is 5.92 Å². The van der Waals surface area contributed by atoms with Crippen LogP contribution in [0.3, 0.4) is 0 Å². The van der Waals surface area contributed by atoms with Crippen LogP contribution in [-0.2, 0) is 4.79 Å². The molecule has 3 rings (SSSR count). The van der Waals surface area contributed by atoms with Crippen molar-refractivity contribution >= 4 is 17.5 Å². The van der Waals surface area contributed by atoms with Gasteiger partial charge in [0.25, 0.3) is 0 Å². The summed E-state index contributed by atoms with van der Waals surface area (Å²) in [6, 6.07) is 1.79. The predicted molar refractivity (Wildman–Crippen MR) is 57.9 cm³/mol. The lowest BCUT2D eigenvalue weighted by Crippen LogP contribution is -2.36. The van der Waals surface area contributed by atoms with Crippen LogP contribution in [0.15, 0.2) is 17.3 Å². The summed E-state index contributed by atoms with van der Waals surface area (Å²) in [6.07, 6.45) is 3.88. The Hall–Kier alpha value is -1.65. The van der Waals surface area contributed by atoms with Gasteiger partial charge in [-0.2, -0.15) is 5.10 Å². The standard InChI is InChI=1S/C11H13N3O2/c1-6-9(11(15)16)10(7-2-3-7)14-8(13-6)4-5-12-14/h4-5,7,9-10H,2-3H2,1H3,(H,15,16). The number of carboxylic acid groups (broad SMARTS) is 1. The summed E-state index contributed by atoms with van der Waals surface area (Å²) >= 11 is 0. The SMILES string of the molecule is CC1=Nc2ccnn2C(C2CC2)C1C(=O)O. The highest BCUT2D eigenvalue weighted by atomic mass is 16.4. The van der Waals surface area contributed by atoms with Crippen LogP contribution in [0.5, 0.6) is 0 Å². The van der Waals surface area contributed by atoms with Gasteiger partial charge < -0.3 is 5.11 Å². The van der Waals surface area contributed by atoms with Gasteiger partial charge in [-0.15, -0.1) is 0 Å². The Morgan fingerprint density at radius 2 is 2.31 bits per heavy atom. The number of carboxylic acids is 1. The fraction of sp³-hybridized carbons (Fsp3) is 0.545. The maximum absolute atomic E-state index is 11.3. The Kier molecular flexibility index (Phi) is 1.89. The van der Waals surface area contributed by atoms with Gasteiger partial charge >= 0.3 is 5.97 Å². The number of rotatable bonds is 2. The second-order valence-electron chi connectivity index (χ2n) is 4.53. The van der Waals surface area contributed by atoms with Crippen molar-refractivity contribution in [3.8, 4) is 0 Å². The van der Waals surface area contributed by atoms with E-state index in [-0.39, 0.29) is 6.04 Å². The zero-order chi connectivity index (χ0) is 11.3. The molecule has 0 aromatic carbocycles. The predicted octanol–water partition coefficient (Wildman–Crippen LogP) is 1.64. The largest absolute Gasteiger partial charge is 0.481 e. The van der Waals surface area contributed by atoms with Crippen molar-refractivity contribution in [2.24, 2.45) is 16.8 Å². The molecular weight excluding hydrogens is 206 g/mol. The molecule has 1 fully saturated rings. The third-order valence-electron chi connectivity index (χ3n) is 3.39. The molecule has 5 nitrogen and oxygen atoms in total. The van der Waals surface area contributed by atoms with Crippen LogP contribution in [-0.4, -0.2) is 26.6 Å². The van der Waals surface area contributed by atoms with Crippen molar-refractivity contribution in [3.05, 3.63) is 12.3 Å². The zero-order valence-electron chi connectivity index (χ0n) is 9.00. The normalized spacial score (nSPS) is 28.4. The number of hydrogen-bond donors (Lipinski definition) is 1. The lowest BCUT2D eigenvalue weighted by molar-refractivity contribution is -0.141. The quantitative estimate of drug-likeness (QED) is 0.822. The second-order valence-corrected chi connectivity index (χ2v) is 4.53. The molecule has 0 radical (unpaired) electrons. The molecule has 5 heteroatoms. The van der Waals surface area contributed by atoms with Crippen molar-refractivity contribution in [2.45, 2.75) is 25.8 Å². The zero-order valence-corrected chi connectivity index (χ0v) is 9.00. The van der Waals surface area contributed by atoms with Crippen molar-refractivity contribution in [1.29, 1.82) is 0 Å². The molecule has 16 heavy (non-hydrogen) atoms. The van der Waals surface area contributed by atoms with Crippen molar-refractivity contribution < 1.29 is 9.90 Å². The fourth-order valence-electron chi connectivity index (χ4n) is 2.50. The molecule has 0 bridgehead atoms. The number of aliphatic carboxylic acids is 1. The molecule has 2 heterocycles. The molecule has 2 atom stereocenters. The summed E-state index contributed by atoms with van der Waals surface area (Å²) in [7, 11) is 0. The van der Waals surface area contributed by atoms with Gasteiger partial charge in [-0.25, -0.2) is 9.67 Å². The lowest BCUT2D eigenvalue weighted by Gasteiger charge is -2.28. The van der Waals surface area contributed by atoms with Crippen LogP contribution >= 0.6 is 0 Å². The van der Waals surface area contributed by atoms with E-state index in [0.29, 0.717) is 11.6 Å². The molecule has 2 unspecified atom stereocenters. The summed E-state index contributed by atoms with van der Waals surface area (Å²) < 4.78 is 1.78. The van der Waals surface area contributed by atoms with Gasteiger partial charge in [0.15, 0.2) is 5.82 Å². The van der Waals surface area contributed by atoms with Crippen LogP contribution in [0.1, 0.15) is 25.8 Å². The van der Waals surface area contributed by atoms with E-state index in [1.807, 2.05) is 6.07 Å². The van der Waals surface area contributed by atoms with Crippen LogP contribution in [0, 0.1) is 11.8 Å². The van der Waals surface area contributed by atoms with E-state index in [1.165, 1.54) is 0 Å². The van der Waals surface area contributed by atoms with Crippen LogP contribution in [0.25, 0.3) is 0 Å². The minimum absolute atomic E-state index is 0.0417. The summed E-state index contributed by atoms with van der Waals surface area (Å²) in [5, 5.41) is 13.5. The summed E-state index contributed by atoms with van der Waals surface area (Å²) in [5.41, 5.74) is 0.692. The topological polar surface area (TPSA) is 67.5 Å². The molecule has 1 saturated carbocycles. The average Bonchev–Trinajstić information content (AvgIpc) is 2.95. The molecule has 0 spiro atoms. The monoisotopic (exact) mass is 219 g/mol. The molecular formula is C11H13N3O2. The van der Waals surface area contributed by atoms with Crippen LogP contribution in [0.2, 0.25) is 0 Å². The van der Waals surface area contributed by atoms with Crippen molar-refractivity contribution in [1.82, 2.24) is 9.78 Å². The van der Waals surface area contributed by atoms with Gasteiger partial charge in [0.2, 0.25) is 0 Å². The number of nitrogens with zero attached hydrogens (tertiary/aromatic N) is 3. The molecule has 1 aliphatic heterocycles. The maximum atomic E-state index is 11.3. The molecule has 1 aromatic rings. The Balaban J connectivity index is 2.10.